The van der Waals surface area contributed by atoms with Crippen molar-refractivity contribution >= 4 is 6.09 Å². The molecular formula is C17H30N4O4. The number of hydrogen-bond acceptors (Lipinski definition) is 7. The van der Waals surface area contributed by atoms with Gasteiger partial charge in [0, 0.05) is 19.1 Å². The summed E-state index contributed by atoms with van der Waals surface area (Å²) in [5, 5.41) is 6.19. The van der Waals surface area contributed by atoms with Crippen molar-refractivity contribution in [3.8, 4) is 11.8 Å². The van der Waals surface area contributed by atoms with E-state index in [-0.39, 0.29) is 6.04 Å². The predicted molar refractivity (Wildman–Crippen MR) is 94.9 cm³/mol. The summed E-state index contributed by atoms with van der Waals surface area (Å²) in [5.74, 6) is 0.935. The lowest BCUT2D eigenvalue weighted by Crippen LogP contribution is -2.42. The monoisotopic (exact) mass is 354 g/mol. The van der Waals surface area contributed by atoms with E-state index in [1.54, 1.807) is 14.2 Å². The molecule has 8 nitrogen and oxygen atoms in total. The number of nitrogens with one attached hydrogen (secondary N) is 2. The van der Waals surface area contributed by atoms with E-state index in [0.717, 1.165) is 18.4 Å². The number of amides is 1. The molecule has 2 N–H and O–H groups in total. The fourth-order valence-electron chi connectivity index (χ4n) is 2.28. The van der Waals surface area contributed by atoms with Gasteiger partial charge in [0.2, 0.25) is 11.8 Å². The maximum absolute atomic E-state index is 11.8. The van der Waals surface area contributed by atoms with Crippen LogP contribution in [0.25, 0.3) is 0 Å². The number of rotatable bonds is 9. The summed E-state index contributed by atoms with van der Waals surface area (Å²) in [6.45, 7) is 8.52. The average molecular weight is 354 g/mol. The number of nitrogens with zero attached hydrogens (tertiary/aromatic N) is 2. The van der Waals surface area contributed by atoms with Gasteiger partial charge in [0.15, 0.2) is 0 Å². The number of carbonyl (C=O) groups excluding carboxylic acids is 1. The van der Waals surface area contributed by atoms with Crippen LogP contribution in [0.3, 0.4) is 0 Å². The highest BCUT2D eigenvalue weighted by molar-refractivity contribution is 5.67. The fourth-order valence-corrected chi connectivity index (χ4v) is 2.28. The first-order valence-corrected chi connectivity index (χ1v) is 8.42. The molecule has 0 aliphatic heterocycles. The molecule has 0 saturated carbocycles. The van der Waals surface area contributed by atoms with Crippen molar-refractivity contribution in [3.63, 3.8) is 0 Å². The van der Waals surface area contributed by atoms with Gasteiger partial charge in [-0.2, -0.15) is 0 Å². The van der Waals surface area contributed by atoms with Gasteiger partial charge in [-0.3, -0.25) is 0 Å². The molecule has 1 atom stereocenters. The van der Waals surface area contributed by atoms with E-state index < -0.39 is 11.7 Å². The topological polar surface area (TPSA) is 94.6 Å². The van der Waals surface area contributed by atoms with Crippen LogP contribution < -0.4 is 20.1 Å². The highest BCUT2D eigenvalue weighted by Gasteiger charge is 2.18. The van der Waals surface area contributed by atoms with Crippen LogP contribution in [-0.2, 0) is 11.3 Å². The van der Waals surface area contributed by atoms with Crippen molar-refractivity contribution in [3.05, 3.63) is 11.9 Å². The minimum Gasteiger partial charge on any atom is -0.481 e. The Bertz CT molecular complexity index is 524. The average Bonchev–Trinajstić information content (AvgIpc) is 2.55. The minimum absolute atomic E-state index is 0.0761. The quantitative estimate of drug-likeness (QED) is 0.702. The lowest BCUT2D eigenvalue weighted by Gasteiger charge is -2.23. The van der Waals surface area contributed by atoms with Gasteiger partial charge in [0.05, 0.1) is 19.8 Å². The third-order valence-electron chi connectivity index (χ3n) is 3.35. The Kier molecular flexibility index (Phi) is 8.40. The Hall–Kier alpha value is -2.09. The van der Waals surface area contributed by atoms with Gasteiger partial charge in [-0.25, -0.2) is 14.8 Å². The summed E-state index contributed by atoms with van der Waals surface area (Å²) in [6, 6.07) is 0.0761. The van der Waals surface area contributed by atoms with Gasteiger partial charge in [0.1, 0.15) is 11.9 Å². The number of carbonyl (C=O) groups is 1. The van der Waals surface area contributed by atoms with Gasteiger partial charge in [0.25, 0.3) is 0 Å². The third kappa shape index (κ3) is 7.55. The maximum atomic E-state index is 11.8. The van der Waals surface area contributed by atoms with Crippen molar-refractivity contribution in [2.24, 2.45) is 0 Å². The summed E-state index contributed by atoms with van der Waals surface area (Å²) in [4.78, 5) is 20.0. The molecule has 142 valence electrons. The van der Waals surface area contributed by atoms with Crippen LogP contribution >= 0.6 is 0 Å². The first-order valence-electron chi connectivity index (χ1n) is 8.42. The van der Waals surface area contributed by atoms with Crippen LogP contribution in [0.5, 0.6) is 11.8 Å². The Labute approximate surface area is 149 Å². The van der Waals surface area contributed by atoms with E-state index in [2.05, 4.69) is 27.5 Å². The molecule has 1 unspecified atom stereocenters. The molecule has 1 aromatic rings. The second-order valence-electron chi connectivity index (χ2n) is 6.62. The van der Waals surface area contributed by atoms with Gasteiger partial charge in [-0.05, 0) is 27.2 Å². The Morgan fingerprint density at radius 1 is 1.20 bits per heavy atom. The number of methoxy groups -OCH3 is 2. The molecule has 1 amide bonds. The van der Waals surface area contributed by atoms with Crippen molar-refractivity contribution < 1.29 is 19.0 Å². The van der Waals surface area contributed by atoms with Crippen LogP contribution in [0.15, 0.2) is 6.33 Å². The SMILES string of the molecule is CCCC(CNC(=O)OC(C)(C)C)NCc1c(OC)ncnc1OC. The van der Waals surface area contributed by atoms with Gasteiger partial charge in [-0.15, -0.1) is 0 Å². The summed E-state index contributed by atoms with van der Waals surface area (Å²) >= 11 is 0. The number of ether oxygens (including phenoxy) is 3. The van der Waals surface area contributed by atoms with E-state index in [1.165, 1.54) is 6.33 Å². The molecule has 0 aliphatic carbocycles. The zero-order chi connectivity index (χ0) is 18.9. The van der Waals surface area contributed by atoms with Crippen molar-refractivity contribution in [1.29, 1.82) is 0 Å². The van der Waals surface area contributed by atoms with Crippen LogP contribution in [0.2, 0.25) is 0 Å². The van der Waals surface area contributed by atoms with E-state index >= 15 is 0 Å². The zero-order valence-electron chi connectivity index (χ0n) is 16.0. The highest BCUT2D eigenvalue weighted by Crippen LogP contribution is 2.23. The van der Waals surface area contributed by atoms with E-state index in [1.807, 2.05) is 20.8 Å². The lowest BCUT2D eigenvalue weighted by atomic mass is 10.1. The van der Waals surface area contributed by atoms with Crippen molar-refractivity contribution in [1.82, 2.24) is 20.6 Å². The largest absolute Gasteiger partial charge is 0.481 e. The molecule has 0 radical (unpaired) electrons. The molecule has 0 fully saturated rings. The molecule has 0 spiro atoms. The number of aromatic nitrogens is 2. The standard InChI is InChI=1S/C17H30N4O4/c1-7-8-12(9-19-16(22)25-17(2,3)4)18-10-13-14(23-5)20-11-21-15(13)24-6/h11-12,18H,7-10H2,1-6H3,(H,19,22). The second-order valence-corrected chi connectivity index (χ2v) is 6.62. The molecule has 1 rings (SSSR count). The predicted octanol–water partition coefficient (Wildman–Crippen LogP) is 2.28. The van der Waals surface area contributed by atoms with E-state index in [0.29, 0.717) is 24.8 Å². The Balaban J connectivity index is 2.66. The summed E-state index contributed by atoms with van der Waals surface area (Å²) in [6.07, 6.45) is 2.85. The van der Waals surface area contributed by atoms with Crippen LogP contribution in [0, 0.1) is 0 Å². The zero-order valence-corrected chi connectivity index (χ0v) is 16.0. The molecule has 25 heavy (non-hydrogen) atoms. The summed E-state index contributed by atoms with van der Waals surface area (Å²) < 4.78 is 15.8. The first-order chi connectivity index (χ1) is 11.8. The Morgan fingerprint density at radius 2 is 1.80 bits per heavy atom. The molecule has 0 bridgehead atoms. The van der Waals surface area contributed by atoms with Gasteiger partial charge < -0.3 is 24.8 Å². The molecular weight excluding hydrogens is 324 g/mol. The van der Waals surface area contributed by atoms with Crippen LogP contribution in [-0.4, -0.2) is 48.5 Å². The summed E-state index contributed by atoms with van der Waals surface area (Å²) in [7, 11) is 3.11. The molecule has 1 heterocycles. The smallest absolute Gasteiger partial charge is 0.407 e. The number of hydrogen-bond donors (Lipinski definition) is 2. The Morgan fingerprint density at radius 3 is 2.28 bits per heavy atom. The lowest BCUT2D eigenvalue weighted by molar-refractivity contribution is 0.0521. The van der Waals surface area contributed by atoms with Crippen molar-refractivity contribution in [2.75, 3.05) is 20.8 Å². The fraction of sp³-hybridized carbons (Fsp3) is 0.706. The second kappa shape index (κ2) is 10.0. The van der Waals surface area contributed by atoms with Gasteiger partial charge >= 0.3 is 6.09 Å². The molecule has 0 aliphatic rings. The molecule has 0 saturated heterocycles. The molecule has 1 aromatic heterocycles. The number of alkyl carbamates (subject to hydrolysis) is 1. The maximum Gasteiger partial charge on any atom is 0.407 e. The third-order valence-corrected chi connectivity index (χ3v) is 3.35. The van der Waals surface area contributed by atoms with Crippen molar-refractivity contribution in [2.45, 2.75) is 58.7 Å². The van der Waals surface area contributed by atoms with Crippen LogP contribution in [0.4, 0.5) is 4.79 Å². The summed E-state index contributed by atoms with van der Waals surface area (Å²) in [5.41, 5.74) is 0.228. The normalized spacial score (nSPS) is 12.4. The van der Waals surface area contributed by atoms with Gasteiger partial charge in [-0.1, -0.05) is 13.3 Å². The molecule has 0 aromatic carbocycles. The first kappa shape index (κ1) is 21.0. The van der Waals surface area contributed by atoms with Crippen LogP contribution in [0.1, 0.15) is 46.1 Å². The van der Waals surface area contributed by atoms with E-state index in [9.17, 15) is 4.79 Å². The molecule has 8 heteroatoms. The highest BCUT2D eigenvalue weighted by atomic mass is 16.6. The minimum atomic E-state index is -0.514. The van der Waals surface area contributed by atoms with E-state index in [4.69, 9.17) is 14.2 Å².